The van der Waals surface area contributed by atoms with E-state index in [0.29, 0.717) is 10.9 Å². The van der Waals surface area contributed by atoms with Gasteiger partial charge in [-0.3, -0.25) is 9.78 Å². The van der Waals surface area contributed by atoms with Gasteiger partial charge in [0, 0.05) is 30.3 Å². The molecule has 0 aliphatic rings. The molecular weight excluding hydrogens is 435 g/mol. The molecule has 0 saturated heterocycles. The molecule has 1 N–H and O–H groups in total. The Morgan fingerprint density at radius 1 is 1.29 bits per heavy atom. The second kappa shape index (κ2) is 9.27. The zero-order valence-electron chi connectivity index (χ0n) is 17.7. The van der Waals surface area contributed by atoms with Crippen molar-refractivity contribution >= 4 is 40.8 Å². The first-order valence-electron chi connectivity index (χ1n) is 9.46. The predicted octanol–water partition coefficient (Wildman–Crippen LogP) is 4.67. The van der Waals surface area contributed by atoms with Crippen molar-refractivity contribution in [3.05, 3.63) is 47.0 Å². The van der Waals surface area contributed by atoms with Crippen LogP contribution in [0.15, 0.2) is 41.2 Å². The molecule has 3 aromatic rings. The molecular formula is C23H23FN2O3S2. The number of pyridine rings is 1. The first-order chi connectivity index (χ1) is 14.6. The number of ether oxygens (including phenoxy) is 2. The van der Waals surface area contributed by atoms with Gasteiger partial charge in [-0.15, -0.1) is 12.6 Å². The van der Waals surface area contributed by atoms with Crippen LogP contribution in [0.1, 0.15) is 20.8 Å². The number of nitrogens with zero attached hydrogens (tertiary/aromatic N) is 1. The molecule has 3 rings (SSSR count). The van der Waals surface area contributed by atoms with Crippen molar-refractivity contribution in [1.29, 1.82) is 0 Å². The lowest BCUT2D eigenvalue weighted by atomic mass is 10.1. The largest absolute Gasteiger partial charge is 0.464 e. The highest BCUT2D eigenvalue weighted by atomic mass is 32.1. The molecule has 1 aromatic carbocycles. The Labute approximate surface area is 190 Å². The Kier molecular flexibility index (Phi) is 6.90. The molecule has 1 amide bonds. The van der Waals surface area contributed by atoms with Crippen LogP contribution in [0.3, 0.4) is 0 Å². The summed E-state index contributed by atoms with van der Waals surface area (Å²) in [4.78, 5) is 15.5. The predicted molar refractivity (Wildman–Crippen MR) is 125 cm³/mol. The van der Waals surface area contributed by atoms with Crippen LogP contribution in [-0.4, -0.2) is 35.1 Å². The maximum atomic E-state index is 14.7. The molecule has 8 heteroatoms. The van der Waals surface area contributed by atoms with Crippen molar-refractivity contribution in [1.82, 2.24) is 10.3 Å². The number of methoxy groups -OCH3 is 1. The van der Waals surface area contributed by atoms with Gasteiger partial charge >= 0.3 is 0 Å². The number of hydrogen-bond acceptors (Lipinski definition) is 6. The zero-order valence-corrected chi connectivity index (χ0v) is 19.4. The van der Waals surface area contributed by atoms with Crippen LogP contribution in [0, 0.1) is 17.7 Å². The fourth-order valence-corrected chi connectivity index (χ4v) is 3.63. The second-order valence-corrected chi connectivity index (χ2v) is 9.24. The second-order valence-electron chi connectivity index (χ2n) is 7.61. The zero-order chi connectivity index (χ0) is 22.6. The number of rotatable bonds is 6. The van der Waals surface area contributed by atoms with Crippen LogP contribution in [-0.2, 0) is 9.53 Å². The third kappa shape index (κ3) is 5.76. The van der Waals surface area contributed by atoms with Crippen molar-refractivity contribution in [2.75, 3.05) is 13.7 Å². The van der Waals surface area contributed by atoms with E-state index in [9.17, 15) is 9.18 Å². The number of halogens is 1. The van der Waals surface area contributed by atoms with E-state index in [4.69, 9.17) is 9.47 Å². The summed E-state index contributed by atoms with van der Waals surface area (Å²) in [5, 5.41) is 7.43. The Bertz CT molecular complexity index is 1150. The monoisotopic (exact) mass is 458 g/mol. The maximum absolute atomic E-state index is 14.7. The summed E-state index contributed by atoms with van der Waals surface area (Å²) in [6.07, 6.45) is 1.70. The SMILES string of the molecule is COCC#CC(C)(C)NC(=O)C(C)(S)Oc1cc2cc(-c3ccsc3)cnc2cc1F. The van der Waals surface area contributed by atoms with Crippen molar-refractivity contribution < 1.29 is 18.7 Å². The molecule has 1 unspecified atom stereocenters. The van der Waals surface area contributed by atoms with E-state index in [1.165, 1.54) is 26.2 Å². The number of hydrogen-bond donors (Lipinski definition) is 2. The highest BCUT2D eigenvalue weighted by Crippen LogP contribution is 2.31. The molecule has 5 nitrogen and oxygen atoms in total. The van der Waals surface area contributed by atoms with Crippen LogP contribution < -0.4 is 10.1 Å². The number of carbonyl (C=O) groups excluding carboxylic acids is 1. The maximum Gasteiger partial charge on any atom is 0.275 e. The average Bonchev–Trinajstić information content (AvgIpc) is 3.22. The van der Waals surface area contributed by atoms with E-state index in [2.05, 4.69) is 34.8 Å². The molecule has 0 aliphatic carbocycles. The Morgan fingerprint density at radius 3 is 2.74 bits per heavy atom. The van der Waals surface area contributed by atoms with Crippen molar-refractivity contribution in [3.8, 4) is 28.7 Å². The lowest BCUT2D eigenvalue weighted by molar-refractivity contribution is -0.130. The van der Waals surface area contributed by atoms with E-state index in [0.717, 1.165) is 11.1 Å². The summed E-state index contributed by atoms with van der Waals surface area (Å²) in [5.41, 5.74) is 1.59. The Morgan fingerprint density at radius 2 is 2.06 bits per heavy atom. The third-order valence-electron chi connectivity index (χ3n) is 4.36. The standard InChI is InChI=1S/C23H23FN2O3S2/c1-22(2,7-5-8-28-4)26-21(27)23(3,30)29-20-11-16-10-17(15-6-9-31-14-15)13-25-19(16)12-18(20)24/h6,9-14,30H,8H2,1-4H3,(H,26,27). The third-order valence-corrected chi connectivity index (χ3v) is 5.34. The van der Waals surface area contributed by atoms with Gasteiger partial charge in [0.2, 0.25) is 4.93 Å². The molecule has 0 saturated carbocycles. The van der Waals surface area contributed by atoms with Crippen LogP contribution in [0.2, 0.25) is 0 Å². The lowest BCUT2D eigenvalue weighted by Gasteiger charge is -2.29. The van der Waals surface area contributed by atoms with E-state index < -0.39 is 22.2 Å². The van der Waals surface area contributed by atoms with Gasteiger partial charge in [-0.2, -0.15) is 11.3 Å². The van der Waals surface area contributed by atoms with Gasteiger partial charge in [0.05, 0.1) is 11.1 Å². The van der Waals surface area contributed by atoms with E-state index >= 15 is 0 Å². The van der Waals surface area contributed by atoms with Crippen LogP contribution in [0.4, 0.5) is 4.39 Å². The quantitative estimate of drug-likeness (QED) is 0.320. The highest BCUT2D eigenvalue weighted by molar-refractivity contribution is 7.82. The van der Waals surface area contributed by atoms with Gasteiger partial charge in [0.25, 0.3) is 5.91 Å². The van der Waals surface area contributed by atoms with Crippen LogP contribution in [0.25, 0.3) is 22.0 Å². The molecule has 2 heterocycles. The topological polar surface area (TPSA) is 60.5 Å². The number of nitrogens with one attached hydrogen (secondary N) is 1. The first kappa shape index (κ1) is 23.1. The number of fused-ring (bicyclic) bond motifs is 1. The molecule has 31 heavy (non-hydrogen) atoms. The molecule has 162 valence electrons. The molecule has 0 bridgehead atoms. The molecule has 0 radical (unpaired) electrons. The summed E-state index contributed by atoms with van der Waals surface area (Å²) in [5.74, 6) is 4.45. The molecule has 1 atom stereocenters. The van der Waals surface area contributed by atoms with Crippen LogP contribution >= 0.6 is 24.0 Å². The summed E-state index contributed by atoms with van der Waals surface area (Å²) in [7, 11) is 1.54. The normalized spacial score (nSPS) is 13.2. The van der Waals surface area contributed by atoms with E-state index in [1.807, 2.05) is 22.9 Å². The Balaban J connectivity index is 1.84. The smallest absolute Gasteiger partial charge is 0.275 e. The number of thiol groups is 1. The fourth-order valence-electron chi connectivity index (χ4n) is 2.82. The van der Waals surface area contributed by atoms with Gasteiger partial charge in [-0.05, 0) is 55.3 Å². The number of thiophene rings is 1. The van der Waals surface area contributed by atoms with Crippen molar-refractivity contribution in [2.24, 2.45) is 0 Å². The van der Waals surface area contributed by atoms with E-state index in [-0.39, 0.29) is 12.4 Å². The summed E-state index contributed by atoms with van der Waals surface area (Å²) < 4.78 is 25.2. The summed E-state index contributed by atoms with van der Waals surface area (Å²) >= 11 is 5.92. The molecule has 2 aromatic heterocycles. The Hall–Kier alpha value is -2.60. The first-order valence-corrected chi connectivity index (χ1v) is 10.9. The van der Waals surface area contributed by atoms with E-state index in [1.54, 1.807) is 31.4 Å². The molecule has 0 aliphatic heterocycles. The van der Waals surface area contributed by atoms with Gasteiger partial charge < -0.3 is 14.8 Å². The summed E-state index contributed by atoms with van der Waals surface area (Å²) in [6, 6.07) is 6.70. The average molecular weight is 459 g/mol. The minimum atomic E-state index is -1.63. The minimum absolute atomic E-state index is 0.0901. The summed E-state index contributed by atoms with van der Waals surface area (Å²) in [6.45, 7) is 5.18. The van der Waals surface area contributed by atoms with Gasteiger partial charge in [0.15, 0.2) is 11.6 Å². The minimum Gasteiger partial charge on any atom is -0.464 e. The van der Waals surface area contributed by atoms with Gasteiger partial charge in [-0.1, -0.05) is 11.8 Å². The van der Waals surface area contributed by atoms with Crippen molar-refractivity contribution in [3.63, 3.8) is 0 Å². The molecule has 0 spiro atoms. The number of amides is 1. The highest BCUT2D eigenvalue weighted by Gasteiger charge is 2.35. The lowest BCUT2D eigenvalue weighted by Crippen LogP contribution is -2.52. The number of carbonyl (C=O) groups is 1. The van der Waals surface area contributed by atoms with Crippen molar-refractivity contribution in [2.45, 2.75) is 31.2 Å². The fraction of sp³-hybridized carbons (Fsp3) is 0.304. The number of aromatic nitrogens is 1. The van der Waals surface area contributed by atoms with Gasteiger partial charge in [0.1, 0.15) is 6.61 Å². The molecule has 0 fully saturated rings. The number of benzene rings is 1. The van der Waals surface area contributed by atoms with Crippen LogP contribution in [0.5, 0.6) is 5.75 Å². The van der Waals surface area contributed by atoms with Gasteiger partial charge in [-0.25, -0.2) is 4.39 Å².